The third kappa shape index (κ3) is 7.99. The zero-order valence-corrected chi connectivity index (χ0v) is 22.3. The number of aryl methyl sites for hydroxylation is 1. The molecule has 0 saturated heterocycles. The van der Waals surface area contributed by atoms with E-state index in [1.54, 1.807) is 44.4 Å². The Kier molecular flexibility index (Phi) is 10.1. The lowest BCUT2D eigenvalue weighted by molar-refractivity contribution is -0.139. The Bertz CT molecular complexity index is 1120. The molecule has 192 valence electrons. The van der Waals surface area contributed by atoms with E-state index in [4.69, 9.17) is 4.74 Å². The third-order valence-electron chi connectivity index (χ3n) is 5.66. The second kappa shape index (κ2) is 12.6. The SMILES string of the molecule is CCc1ccccc1N(CC(=O)N(Cc1cccc(OC)c1)[C@H](C)C(=O)NCC(C)C)S(C)(=O)=O. The predicted octanol–water partition coefficient (Wildman–Crippen LogP) is 3.21. The number of carbonyl (C=O) groups is 2. The van der Waals surface area contributed by atoms with Crippen molar-refractivity contribution in [2.75, 3.05) is 30.8 Å². The van der Waals surface area contributed by atoms with Gasteiger partial charge in [0.1, 0.15) is 18.3 Å². The Hall–Kier alpha value is -3.07. The fourth-order valence-corrected chi connectivity index (χ4v) is 4.53. The maximum absolute atomic E-state index is 13.6. The van der Waals surface area contributed by atoms with Gasteiger partial charge in [-0.15, -0.1) is 0 Å². The van der Waals surface area contributed by atoms with E-state index in [1.165, 1.54) is 4.90 Å². The summed E-state index contributed by atoms with van der Waals surface area (Å²) >= 11 is 0. The highest BCUT2D eigenvalue weighted by molar-refractivity contribution is 7.92. The number of para-hydroxylation sites is 1. The number of ether oxygens (including phenoxy) is 1. The summed E-state index contributed by atoms with van der Waals surface area (Å²) in [5, 5.41) is 2.87. The Morgan fingerprint density at radius 3 is 2.34 bits per heavy atom. The molecule has 0 aromatic heterocycles. The van der Waals surface area contributed by atoms with Crippen LogP contribution in [-0.2, 0) is 32.6 Å². The first-order valence-electron chi connectivity index (χ1n) is 11.7. The Labute approximate surface area is 209 Å². The van der Waals surface area contributed by atoms with Crippen molar-refractivity contribution < 1.29 is 22.7 Å². The molecule has 1 atom stereocenters. The quantitative estimate of drug-likeness (QED) is 0.480. The van der Waals surface area contributed by atoms with E-state index in [-0.39, 0.29) is 18.4 Å². The second-order valence-corrected chi connectivity index (χ2v) is 10.8. The molecule has 0 aliphatic rings. The van der Waals surface area contributed by atoms with Crippen LogP contribution in [-0.4, -0.2) is 57.6 Å². The molecule has 9 heteroatoms. The van der Waals surface area contributed by atoms with Crippen LogP contribution < -0.4 is 14.4 Å². The number of anilines is 1. The zero-order chi connectivity index (χ0) is 26.2. The minimum atomic E-state index is -3.76. The van der Waals surface area contributed by atoms with Crippen LogP contribution in [0.1, 0.15) is 38.8 Å². The fraction of sp³-hybridized carbons (Fsp3) is 0.462. The molecule has 2 amide bonds. The monoisotopic (exact) mass is 503 g/mol. The lowest BCUT2D eigenvalue weighted by atomic mass is 10.1. The molecule has 2 aromatic rings. The highest BCUT2D eigenvalue weighted by Gasteiger charge is 2.30. The number of nitrogens with one attached hydrogen (secondary N) is 1. The molecule has 35 heavy (non-hydrogen) atoms. The molecule has 8 nitrogen and oxygen atoms in total. The molecule has 2 rings (SSSR count). The number of hydrogen-bond acceptors (Lipinski definition) is 5. The van der Waals surface area contributed by atoms with E-state index in [9.17, 15) is 18.0 Å². The summed E-state index contributed by atoms with van der Waals surface area (Å²) in [6.07, 6.45) is 1.69. The molecule has 0 radical (unpaired) electrons. The van der Waals surface area contributed by atoms with E-state index in [0.29, 0.717) is 24.4 Å². The molecular formula is C26H37N3O5S. The van der Waals surface area contributed by atoms with Crippen molar-refractivity contribution >= 4 is 27.5 Å². The Balaban J connectivity index is 2.42. The van der Waals surface area contributed by atoms with Crippen LogP contribution in [0.4, 0.5) is 5.69 Å². The number of benzene rings is 2. The molecule has 0 bridgehead atoms. The van der Waals surface area contributed by atoms with Crippen molar-refractivity contribution in [3.8, 4) is 5.75 Å². The average molecular weight is 504 g/mol. The van der Waals surface area contributed by atoms with E-state index in [1.807, 2.05) is 39.0 Å². The maximum Gasteiger partial charge on any atom is 0.244 e. The lowest BCUT2D eigenvalue weighted by Crippen LogP contribution is -2.51. The summed E-state index contributed by atoms with van der Waals surface area (Å²) in [6, 6.07) is 13.5. The number of amides is 2. The van der Waals surface area contributed by atoms with E-state index >= 15 is 0 Å². The van der Waals surface area contributed by atoms with Crippen molar-refractivity contribution in [1.29, 1.82) is 0 Å². The van der Waals surface area contributed by atoms with Crippen LogP contribution in [0.2, 0.25) is 0 Å². The van der Waals surface area contributed by atoms with E-state index < -0.39 is 28.5 Å². The summed E-state index contributed by atoms with van der Waals surface area (Å²) in [5.74, 6) is 0.104. The normalized spacial score (nSPS) is 12.2. The van der Waals surface area contributed by atoms with Gasteiger partial charge in [-0.05, 0) is 48.6 Å². The van der Waals surface area contributed by atoms with Gasteiger partial charge in [0, 0.05) is 13.1 Å². The van der Waals surface area contributed by atoms with Crippen molar-refractivity contribution in [3.05, 3.63) is 59.7 Å². The summed E-state index contributed by atoms with van der Waals surface area (Å²) in [7, 11) is -2.21. The van der Waals surface area contributed by atoms with Crippen LogP contribution >= 0.6 is 0 Å². The largest absolute Gasteiger partial charge is 0.497 e. The van der Waals surface area contributed by atoms with Gasteiger partial charge in [0.15, 0.2) is 0 Å². The van der Waals surface area contributed by atoms with Gasteiger partial charge in [0.2, 0.25) is 21.8 Å². The predicted molar refractivity (Wildman–Crippen MR) is 139 cm³/mol. The third-order valence-corrected chi connectivity index (χ3v) is 6.79. The molecule has 0 saturated carbocycles. The smallest absolute Gasteiger partial charge is 0.244 e. The number of carbonyl (C=O) groups excluding carboxylic acids is 2. The highest BCUT2D eigenvalue weighted by atomic mass is 32.2. The highest BCUT2D eigenvalue weighted by Crippen LogP contribution is 2.24. The molecule has 0 fully saturated rings. The van der Waals surface area contributed by atoms with E-state index in [2.05, 4.69) is 5.32 Å². The number of rotatable bonds is 12. The van der Waals surface area contributed by atoms with Gasteiger partial charge in [0.05, 0.1) is 19.1 Å². The van der Waals surface area contributed by atoms with Gasteiger partial charge in [0.25, 0.3) is 0 Å². The molecule has 2 aromatic carbocycles. The first-order valence-corrected chi connectivity index (χ1v) is 13.6. The molecular weight excluding hydrogens is 466 g/mol. The van der Waals surface area contributed by atoms with Crippen molar-refractivity contribution in [2.24, 2.45) is 5.92 Å². The Morgan fingerprint density at radius 1 is 1.06 bits per heavy atom. The van der Waals surface area contributed by atoms with Crippen LogP contribution in [0.15, 0.2) is 48.5 Å². The van der Waals surface area contributed by atoms with Crippen molar-refractivity contribution in [1.82, 2.24) is 10.2 Å². The van der Waals surface area contributed by atoms with E-state index in [0.717, 1.165) is 21.7 Å². The summed E-state index contributed by atoms with van der Waals surface area (Å²) in [6.45, 7) is 7.74. The molecule has 0 aliphatic heterocycles. The minimum Gasteiger partial charge on any atom is -0.497 e. The van der Waals surface area contributed by atoms with Gasteiger partial charge >= 0.3 is 0 Å². The second-order valence-electron chi connectivity index (χ2n) is 8.94. The first-order chi connectivity index (χ1) is 16.5. The molecule has 0 heterocycles. The number of methoxy groups -OCH3 is 1. The topological polar surface area (TPSA) is 96.0 Å². The van der Waals surface area contributed by atoms with Crippen LogP contribution in [0.3, 0.4) is 0 Å². The first kappa shape index (κ1) is 28.2. The molecule has 1 N–H and O–H groups in total. The summed E-state index contributed by atoms with van der Waals surface area (Å²) in [5.41, 5.74) is 2.04. The lowest BCUT2D eigenvalue weighted by Gasteiger charge is -2.32. The molecule has 0 spiro atoms. The summed E-state index contributed by atoms with van der Waals surface area (Å²) < 4.78 is 31.9. The van der Waals surface area contributed by atoms with Crippen LogP contribution in [0.5, 0.6) is 5.75 Å². The number of nitrogens with zero attached hydrogens (tertiary/aromatic N) is 2. The Morgan fingerprint density at radius 2 is 1.74 bits per heavy atom. The maximum atomic E-state index is 13.6. The average Bonchev–Trinajstić information content (AvgIpc) is 2.83. The van der Waals surface area contributed by atoms with Gasteiger partial charge in [-0.25, -0.2) is 8.42 Å². The number of hydrogen-bond donors (Lipinski definition) is 1. The van der Waals surface area contributed by atoms with Crippen molar-refractivity contribution in [3.63, 3.8) is 0 Å². The van der Waals surface area contributed by atoms with Gasteiger partial charge in [-0.1, -0.05) is 51.1 Å². The number of sulfonamides is 1. The minimum absolute atomic E-state index is 0.124. The van der Waals surface area contributed by atoms with Gasteiger partial charge in [-0.2, -0.15) is 0 Å². The van der Waals surface area contributed by atoms with Crippen LogP contribution in [0, 0.1) is 5.92 Å². The zero-order valence-electron chi connectivity index (χ0n) is 21.4. The van der Waals surface area contributed by atoms with Crippen LogP contribution in [0.25, 0.3) is 0 Å². The molecule has 0 unspecified atom stereocenters. The summed E-state index contributed by atoms with van der Waals surface area (Å²) in [4.78, 5) is 27.9. The standard InChI is InChI=1S/C26H37N3O5S/c1-7-22-12-8-9-14-24(22)29(35(6,32)33)18-25(30)28(20(4)26(31)27-16-19(2)3)17-21-11-10-13-23(15-21)34-5/h8-15,19-20H,7,16-18H2,1-6H3,(H,27,31)/t20-/m1/s1. The van der Waals surface area contributed by atoms with Gasteiger partial charge in [-0.3, -0.25) is 13.9 Å². The molecule has 0 aliphatic carbocycles. The van der Waals surface area contributed by atoms with Gasteiger partial charge < -0.3 is 15.0 Å². The fourth-order valence-electron chi connectivity index (χ4n) is 3.65. The van der Waals surface area contributed by atoms with Crippen molar-refractivity contribution in [2.45, 2.75) is 46.7 Å².